The quantitative estimate of drug-likeness (QED) is 0.626. The summed E-state index contributed by atoms with van der Waals surface area (Å²) in [5.74, 6) is 2.74. The predicted octanol–water partition coefficient (Wildman–Crippen LogP) is 3.83. The van der Waals surface area contributed by atoms with E-state index in [1.165, 1.54) is 7.11 Å². The van der Waals surface area contributed by atoms with Gasteiger partial charge in [-0.1, -0.05) is 0 Å². The SMILES string of the molecule is COC(=O)c1oc(CSc2ccc3c(c2)OCCCO3)cc1C. The Morgan fingerprint density at radius 1 is 1.22 bits per heavy atom. The zero-order chi connectivity index (χ0) is 16.2. The molecule has 1 aromatic carbocycles. The molecule has 0 aliphatic carbocycles. The molecule has 1 aromatic heterocycles. The Morgan fingerprint density at radius 3 is 2.78 bits per heavy atom. The molecule has 1 aliphatic rings. The van der Waals surface area contributed by atoms with Gasteiger partial charge >= 0.3 is 5.97 Å². The van der Waals surface area contributed by atoms with E-state index < -0.39 is 5.97 Å². The average molecular weight is 334 g/mol. The van der Waals surface area contributed by atoms with Crippen LogP contribution >= 0.6 is 11.8 Å². The van der Waals surface area contributed by atoms with E-state index in [1.54, 1.807) is 11.8 Å². The van der Waals surface area contributed by atoms with Crippen LogP contribution in [0.15, 0.2) is 33.6 Å². The number of rotatable bonds is 4. The molecule has 0 atom stereocenters. The van der Waals surface area contributed by atoms with E-state index in [4.69, 9.17) is 18.6 Å². The minimum atomic E-state index is -0.450. The first kappa shape index (κ1) is 15.8. The first-order valence-corrected chi connectivity index (χ1v) is 8.36. The summed E-state index contributed by atoms with van der Waals surface area (Å²) in [6.07, 6.45) is 0.888. The van der Waals surface area contributed by atoms with Gasteiger partial charge in [0.2, 0.25) is 5.76 Å². The summed E-state index contributed by atoms with van der Waals surface area (Å²) in [6, 6.07) is 7.76. The van der Waals surface area contributed by atoms with Crippen LogP contribution in [0.1, 0.15) is 28.3 Å². The number of benzene rings is 1. The summed E-state index contributed by atoms with van der Waals surface area (Å²) < 4.78 is 21.6. The molecule has 0 saturated carbocycles. The van der Waals surface area contributed by atoms with Crippen molar-refractivity contribution >= 4 is 17.7 Å². The molecule has 0 bridgehead atoms. The van der Waals surface area contributed by atoms with Crippen molar-refractivity contribution in [1.29, 1.82) is 0 Å². The Kier molecular flexibility index (Phi) is 4.81. The lowest BCUT2D eigenvalue weighted by atomic mass is 10.3. The third kappa shape index (κ3) is 3.64. The van der Waals surface area contributed by atoms with Gasteiger partial charge in [-0.2, -0.15) is 0 Å². The topological polar surface area (TPSA) is 57.9 Å². The Morgan fingerprint density at radius 2 is 2.00 bits per heavy atom. The fourth-order valence-corrected chi connectivity index (χ4v) is 3.11. The monoisotopic (exact) mass is 334 g/mol. The Labute approximate surface area is 138 Å². The van der Waals surface area contributed by atoms with Crippen LogP contribution in [0.25, 0.3) is 0 Å². The molecule has 5 nitrogen and oxygen atoms in total. The average Bonchev–Trinajstić information content (AvgIpc) is 2.79. The number of furan rings is 1. The van der Waals surface area contributed by atoms with Gasteiger partial charge in [0.25, 0.3) is 0 Å². The zero-order valence-electron chi connectivity index (χ0n) is 13.1. The van der Waals surface area contributed by atoms with E-state index in [0.29, 0.717) is 19.0 Å². The van der Waals surface area contributed by atoms with Gasteiger partial charge in [-0.3, -0.25) is 0 Å². The van der Waals surface area contributed by atoms with Crippen LogP contribution in [0.4, 0.5) is 0 Å². The van der Waals surface area contributed by atoms with Crippen LogP contribution in [0.5, 0.6) is 11.5 Å². The molecular weight excluding hydrogens is 316 g/mol. The molecule has 6 heteroatoms. The van der Waals surface area contributed by atoms with E-state index in [-0.39, 0.29) is 5.76 Å². The van der Waals surface area contributed by atoms with Crippen molar-refractivity contribution in [2.24, 2.45) is 0 Å². The van der Waals surface area contributed by atoms with Crippen LogP contribution < -0.4 is 9.47 Å². The Hall–Kier alpha value is -2.08. The summed E-state index contributed by atoms with van der Waals surface area (Å²) >= 11 is 1.61. The molecule has 0 amide bonds. The number of hydrogen-bond donors (Lipinski definition) is 0. The number of esters is 1. The predicted molar refractivity (Wildman–Crippen MR) is 86.4 cm³/mol. The molecule has 0 fully saturated rings. The number of aryl methyl sites for hydroxylation is 1. The van der Waals surface area contributed by atoms with Crippen molar-refractivity contribution in [2.45, 2.75) is 24.0 Å². The van der Waals surface area contributed by atoms with Crippen molar-refractivity contribution in [3.05, 3.63) is 41.3 Å². The molecule has 1 aliphatic heterocycles. The van der Waals surface area contributed by atoms with Crippen LogP contribution in [0.3, 0.4) is 0 Å². The number of carbonyl (C=O) groups excluding carboxylic acids is 1. The number of carbonyl (C=O) groups is 1. The Balaban J connectivity index is 1.69. The molecule has 0 saturated heterocycles. The lowest BCUT2D eigenvalue weighted by Gasteiger charge is -2.08. The number of thioether (sulfide) groups is 1. The lowest BCUT2D eigenvalue weighted by Crippen LogP contribution is -2.00. The number of methoxy groups -OCH3 is 1. The molecule has 0 unspecified atom stereocenters. The fourth-order valence-electron chi connectivity index (χ4n) is 2.30. The highest BCUT2D eigenvalue weighted by Crippen LogP contribution is 2.35. The fraction of sp³-hybridized carbons (Fsp3) is 0.353. The molecule has 0 radical (unpaired) electrons. The summed E-state index contributed by atoms with van der Waals surface area (Å²) in [6.45, 7) is 3.18. The smallest absolute Gasteiger partial charge is 0.374 e. The van der Waals surface area contributed by atoms with Gasteiger partial charge in [-0.25, -0.2) is 4.79 Å². The standard InChI is InChI=1S/C17H18O5S/c1-11-8-12(22-16(11)17(18)19-2)10-23-13-4-5-14-15(9-13)21-7-3-6-20-14/h4-5,8-9H,3,6-7,10H2,1-2H3. The summed E-state index contributed by atoms with van der Waals surface area (Å²) in [5.41, 5.74) is 0.783. The largest absolute Gasteiger partial charge is 0.490 e. The van der Waals surface area contributed by atoms with Gasteiger partial charge in [0.1, 0.15) is 5.76 Å². The first-order chi connectivity index (χ1) is 11.2. The minimum Gasteiger partial charge on any atom is -0.490 e. The molecule has 2 aromatic rings. The second kappa shape index (κ2) is 7.00. The molecule has 2 heterocycles. The third-order valence-electron chi connectivity index (χ3n) is 3.44. The van der Waals surface area contributed by atoms with E-state index >= 15 is 0 Å². The van der Waals surface area contributed by atoms with Gasteiger partial charge in [-0.15, -0.1) is 11.8 Å². The summed E-state index contributed by atoms with van der Waals surface area (Å²) in [4.78, 5) is 12.6. The van der Waals surface area contributed by atoms with Gasteiger partial charge in [-0.05, 0) is 31.2 Å². The molecule has 122 valence electrons. The molecule has 0 N–H and O–H groups in total. The number of ether oxygens (including phenoxy) is 3. The van der Waals surface area contributed by atoms with Crippen molar-refractivity contribution in [3.63, 3.8) is 0 Å². The Bertz CT molecular complexity index is 707. The van der Waals surface area contributed by atoms with Crippen molar-refractivity contribution in [3.8, 4) is 11.5 Å². The molecule has 0 spiro atoms. The maximum absolute atomic E-state index is 11.6. The van der Waals surface area contributed by atoms with Crippen LogP contribution in [-0.4, -0.2) is 26.3 Å². The minimum absolute atomic E-state index is 0.266. The second-order valence-corrected chi connectivity index (χ2v) is 6.21. The van der Waals surface area contributed by atoms with E-state index in [1.807, 2.05) is 31.2 Å². The summed E-state index contributed by atoms with van der Waals surface area (Å²) in [5, 5.41) is 0. The third-order valence-corrected chi connectivity index (χ3v) is 4.46. The maximum Gasteiger partial charge on any atom is 0.374 e. The zero-order valence-corrected chi connectivity index (χ0v) is 13.9. The van der Waals surface area contributed by atoms with Crippen LogP contribution in [-0.2, 0) is 10.5 Å². The highest BCUT2D eigenvalue weighted by Gasteiger charge is 2.16. The molecule has 3 rings (SSSR count). The normalized spacial score (nSPS) is 13.5. The van der Waals surface area contributed by atoms with Gasteiger partial charge < -0.3 is 18.6 Å². The van der Waals surface area contributed by atoms with Crippen molar-refractivity contribution < 1.29 is 23.4 Å². The van der Waals surface area contributed by atoms with E-state index in [9.17, 15) is 4.79 Å². The maximum atomic E-state index is 11.6. The number of hydrogen-bond acceptors (Lipinski definition) is 6. The first-order valence-electron chi connectivity index (χ1n) is 7.37. The van der Waals surface area contributed by atoms with Gasteiger partial charge in [0.05, 0.1) is 26.1 Å². The van der Waals surface area contributed by atoms with Crippen molar-refractivity contribution in [2.75, 3.05) is 20.3 Å². The van der Waals surface area contributed by atoms with Gasteiger partial charge in [0, 0.05) is 16.9 Å². The van der Waals surface area contributed by atoms with Crippen molar-refractivity contribution in [1.82, 2.24) is 0 Å². The highest BCUT2D eigenvalue weighted by molar-refractivity contribution is 7.98. The van der Waals surface area contributed by atoms with E-state index in [0.717, 1.165) is 34.1 Å². The molecular formula is C17H18O5S. The lowest BCUT2D eigenvalue weighted by molar-refractivity contribution is 0.0562. The highest BCUT2D eigenvalue weighted by atomic mass is 32.2. The molecule has 23 heavy (non-hydrogen) atoms. The van der Waals surface area contributed by atoms with E-state index in [2.05, 4.69) is 0 Å². The van der Waals surface area contributed by atoms with Gasteiger partial charge in [0.15, 0.2) is 11.5 Å². The van der Waals surface area contributed by atoms with Crippen LogP contribution in [0.2, 0.25) is 0 Å². The summed E-state index contributed by atoms with van der Waals surface area (Å²) in [7, 11) is 1.34. The second-order valence-electron chi connectivity index (χ2n) is 5.16. The van der Waals surface area contributed by atoms with Crippen LogP contribution in [0, 0.1) is 6.92 Å². The number of fused-ring (bicyclic) bond motifs is 1.